The molecule has 0 bridgehead atoms. The van der Waals surface area contributed by atoms with Crippen molar-refractivity contribution in [2.45, 2.75) is 25.8 Å². The van der Waals surface area contributed by atoms with Gasteiger partial charge in [-0.2, -0.15) is 0 Å². The summed E-state index contributed by atoms with van der Waals surface area (Å²) in [5.74, 6) is 0.00191. The van der Waals surface area contributed by atoms with E-state index in [9.17, 15) is 9.59 Å². The first kappa shape index (κ1) is 19.1. The Bertz CT molecular complexity index is 815. The fourth-order valence-corrected chi connectivity index (χ4v) is 3.41. The predicted molar refractivity (Wildman–Crippen MR) is 108 cm³/mol. The van der Waals surface area contributed by atoms with Gasteiger partial charge in [-0.25, -0.2) is 0 Å². The summed E-state index contributed by atoms with van der Waals surface area (Å²) in [6.07, 6.45) is 1.45. The van der Waals surface area contributed by atoms with Gasteiger partial charge in [0.05, 0.1) is 6.04 Å². The standard InChI is InChI=1S/C22H27N3O2/c1-16-9-11-17(12-10-16)20(24(2)3)15-23-22(27)18-6-4-7-19(14-18)25-13-5-8-21(25)26/h4,6-7,9-12,14,20H,5,8,13,15H2,1-3H3,(H,23,27). The Balaban J connectivity index is 1.69. The van der Waals surface area contributed by atoms with Crippen LogP contribution >= 0.6 is 0 Å². The third-order valence-corrected chi connectivity index (χ3v) is 5.03. The Kier molecular flexibility index (Phi) is 5.91. The topological polar surface area (TPSA) is 52.7 Å². The van der Waals surface area contributed by atoms with Crippen LogP contribution < -0.4 is 10.2 Å². The quantitative estimate of drug-likeness (QED) is 0.856. The molecule has 1 fully saturated rings. The average Bonchev–Trinajstić information content (AvgIpc) is 3.09. The number of amides is 2. The molecule has 3 rings (SSSR count). The summed E-state index contributed by atoms with van der Waals surface area (Å²) in [4.78, 5) is 28.5. The van der Waals surface area contributed by atoms with E-state index >= 15 is 0 Å². The molecule has 1 heterocycles. The highest BCUT2D eigenvalue weighted by molar-refractivity contribution is 5.99. The number of hydrogen-bond donors (Lipinski definition) is 1. The number of aryl methyl sites for hydroxylation is 1. The number of carbonyl (C=O) groups is 2. The molecule has 1 atom stereocenters. The van der Waals surface area contributed by atoms with Crippen LogP contribution in [0.25, 0.3) is 0 Å². The largest absolute Gasteiger partial charge is 0.350 e. The Hall–Kier alpha value is -2.66. The normalized spacial score (nSPS) is 15.3. The lowest BCUT2D eigenvalue weighted by molar-refractivity contribution is -0.117. The number of carbonyl (C=O) groups excluding carboxylic acids is 2. The first-order valence-corrected chi connectivity index (χ1v) is 9.37. The van der Waals surface area contributed by atoms with Gasteiger partial charge in [0.25, 0.3) is 5.91 Å². The zero-order chi connectivity index (χ0) is 19.4. The van der Waals surface area contributed by atoms with E-state index in [2.05, 4.69) is 41.4 Å². The summed E-state index contributed by atoms with van der Waals surface area (Å²) in [6.45, 7) is 3.30. The van der Waals surface area contributed by atoms with Gasteiger partial charge in [0, 0.05) is 30.8 Å². The molecular formula is C22H27N3O2. The summed E-state index contributed by atoms with van der Waals surface area (Å²) >= 11 is 0. The molecule has 0 saturated carbocycles. The Morgan fingerprint density at radius 3 is 2.56 bits per heavy atom. The number of anilines is 1. The van der Waals surface area contributed by atoms with Crippen molar-refractivity contribution in [1.82, 2.24) is 10.2 Å². The lowest BCUT2D eigenvalue weighted by Crippen LogP contribution is -2.34. The van der Waals surface area contributed by atoms with Gasteiger partial charge in [-0.05, 0) is 51.2 Å². The van der Waals surface area contributed by atoms with Crippen LogP contribution in [0.15, 0.2) is 48.5 Å². The van der Waals surface area contributed by atoms with E-state index < -0.39 is 0 Å². The second-order valence-electron chi connectivity index (χ2n) is 7.30. The van der Waals surface area contributed by atoms with Crippen LogP contribution in [-0.4, -0.2) is 43.9 Å². The molecule has 27 heavy (non-hydrogen) atoms. The molecule has 0 aliphatic carbocycles. The van der Waals surface area contributed by atoms with Gasteiger partial charge in [-0.15, -0.1) is 0 Å². The van der Waals surface area contributed by atoms with Crippen LogP contribution in [0.5, 0.6) is 0 Å². The summed E-state index contributed by atoms with van der Waals surface area (Å²) in [7, 11) is 4.02. The van der Waals surface area contributed by atoms with Gasteiger partial charge in [-0.1, -0.05) is 35.9 Å². The average molecular weight is 365 g/mol. The van der Waals surface area contributed by atoms with Crippen molar-refractivity contribution in [1.29, 1.82) is 0 Å². The summed E-state index contributed by atoms with van der Waals surface area (Å²) in [6, 6.07) is 15.8. The van der Waals surface area contributed by atoms with Gasteiger partial charge in [0.15, 0.2) is 0 Å². The van der Waals surface area contributed by atoms with Gasteiger partial charge in [0.2, 0.25) is 5.91 Å². The third kappa shape index (κ3) is 4.55. The van der Waals surface area contributed by atoms with E-state index in [0.29, 0.717) is 18.5 Å². The van der Waals surface area contributed by atoms with Crippen LogP contribution in [0.1, 0.15) is 40.4 Å². The molecule has 0 spiro atoms. The van der Waals surface area contributed by atoms with E-state index in [-0.39, 0.29) is 17.9 Å². The van der Waals surface area contributed by atoms with Crippen molar-refractivity contribution in [3.05, 3.63) is 65.2 Å². The molecule has 1 N–H and O–H groups in total. The molecule has 1 unspecified atom stereocenters. The Morgan fingerprint density at radius 2 is 1.93 bits per heavy atom. The maximum absolute atomic E-state index is 12.7. The van der Waals surface area contributed by atoms with Crippen LogP contribution in [-0.2, 0) is 4.79 Å². The molecule has 1 aliphatic rings. The molecule has 1 aliphatic heterocycles. The van der Waals surface area contributed by atoms with Crippen molar-refractivity contribution >= 4 is 17.5 Å². The van der Waals surface area contributed by atoms with E-state index in [4.69, 9.17) is 0 Å². The highest BCUT2D eigenvalue weighted by Crippen LogP contribution is 2.23. The van der Waals surface area contributed by atoms with Gasteiger partial charge in [-0.3, -0.25) is 9.59 Å². The molecule has 0 aromatic heterocycles. The van der Waals surface area contributed by atoms with Gasteiger partial charge >= 0.3 is 0 Å². The predicted octanol–water partition coefficient (Wildman–Crippen LogP) is 3.15. The number of hydrogen-bond acceptors (Lipinski definition) is 3. The van der Waals surface area contributed by atoms with Crippen LogP contribution in [0, 0.1) is 6.92 Å². The van der Waals surface area contributed by atoms with Gasteiger partial charge < -0.3 is 15.1 Å². The number of likely N-dealkylation sites (N-methyl/N-ethyl adjacent to an activating group) is 1. The molecule has 5 heteroatoms. The zero-order valence-electron chi connectivity index (χ0n) is 16.2. The third-order valence-electron chi connectivity index (χ3n) is 5.03. The lowest BCUT2D eigenvalue weighted by atomic mass is 10.0. The van der Waals surface area contributed by atoms with Crippen molar-refractivity contribution < 1.29 is 9.59 Å². The van der Waals surface area contributed by atoms with E-state index in [1.54, 1.807) is 17.0 Å². The fourth-order valence-electron chi connectivity index (χ4n) is 3.41. The Labute approximate surface area is 161 Å². The monoisotopic (exact) mass is 365 g/mol. The van der Waals surface area contributed by atoms with E-state index in [1.807, 2.05) is 26.2 Å². The first-order valence-electron chi connectivity index (χ1n) is 9.37. The second kappa shape index (κ2) is 8.35. The summed E-state index contributed by atoms with van der Waals surface area (Å²) in [5, 5.41) is 3.04. The molecular weight excluding hydrogens is 338 g/mol. The minimum atomic E-state index is -0.123. The number of nitrogens with zero attached hydrogens (tertiary/aromatic N) is 2. The van der Waals surface area contributed by atoms with E-state index in [1.165, 1.54) is 11.1 Å². The van der Waals surface area contributed by atoms with Crippen molar-refractivity contribution in [3.63, 3.8) is 0 Å². The Morgan fingerprint density at radius 1 is 1.19 bits per heavy atom. The summed E-state index contributed by atoms with van der Waals surface area (Å²) in [5.41, 5.74) is 3.76. The van der Waals surface area contributed by atoms with Crippen molar-refractivity contribution in [3.8, 4) is 0 Å². The summed E-state index contributed by atoms with van der Waals surface area (Å²) < 4.78 is 0. The molecule has 142 valence electrons. The van der Waals surface area contributed by atoms with E-state index in [0.717, 1.165) is 18.7 Å². The molecule has 2 amide bonds. The number of nitrogens with one attached hydrogen (secondary N) is 1. The lowest BCUT2D eigenvalue weighted by Gasteiger charge is -2.25. The zero-order valence-corrected chi connectivity index (χ0v) is 16.2. The highest BCUT2D eigenvalue weighted by Gasteiger charge is 2.22. The first-order chi connectivity index (χ1) is 13.0. The molecule has 2 aromatic carbocycles. The number of rotatable bonds is 6. The molecule has 0 radical (unpaired) electrons. The smallest absolute Gasteiger partial charge is 0.251 e. The molecule has 2 aromatic rings. The minimum absolute atomic E-state index is 0.0953. The highest BCUT2D eigenvalue weighted by atomic mass is 16.2. The maximum atomic E-state index is 12.7. The SMILES string of the molecule is Cc1ccc(C(CNC(=O)c2cccc(N3CCCC3=O)c2)N(C)C)cc1. The fraction of sp³-hybridized carbons (Fsp3) is 0.364. The van der Waals surface area contributed by atoms with Crippen molar-refractivity contribution in [2.24, 2.45) is 0 Å². The maximum Gasteiger partial charge on any atom is 0.251 e. The van der Waals surface area contributed by atoms with Gasteiger partial charge in [0.1, 0.15) is 0 Å². The van der Waals surface area contributed by atoms with Crippen LogP contribution in [0.2, 0.25) is 0 Å². The van der Waals surface area contributed by atoms with Crippen LogP contribution in [0.3, 0.4) is 0 Å². The number of benzene rings is 2. The van der Waals surface area contributed by atoms with Crippen molar-refractivity contribution in [2.75, 3.05) is 32.1 Å². The molecule has 5 nitrogen and oxygen atoms in total. The molecule has 1 saturated heterocycles. The second-order valence-corrected chi connectivity index (χ2v) is 7.30. The van der Waals surface area contributed by atoms with Crippen LogP contribution in [0.4, 0.5) is 5.69 Å². The minimum Gasteiger partial charge on any atom is -0.350 e.